The largest absolute Gasteiger partial charge is 0.106 e. The Bertz CT molecular complexity index is 403. The minimum Gasteiger partial charge on any atom is -0.106 e. The van der Waals surface area contributed by atoms with E-state index in [2.05, 4.69) is 68.6 Å². The lowest BCUT2D eigenvalue weighted by Crippen LogP contribution is -1.74. The van der Waals surface area contributed by atoms with E-state index >= 15 is 0 Å². The van der Waals surface area contributed by atoms with Crippen LogP contribution >= 0.6 is 11.8 Å². The van der Waals surface area contributed by atoms with Crippen LogP contribution in [0.1, 0.15) is 5.56 Å². The van der Waals surface area contributed by atoms with E-state index in [1.165, 1.54) is 15.4 Å². The molecule has 16 heavy (non-hydrogen) atoms. The zero-order valence-electron chi connectivity index (χ0n) is 9.52. The van der Waals surface area contributed by atoms with E-state index in [4.69, 9.17) is 0 Å². The molecule has 2 aromatic rings. The summed E-state index contributed by atoms with van der Waals surface area (Å²) >= 11 is 1.80. The molecule has 0 atom stereocenters. The van der Waals surface area contributed by atoms with Crippen molar-refractivity contribution in [3.63, 3.8) is 0 Å². The first-order chi connectivity index (χ1) is 7.84. The van der Waals surface area contributed by atoms with Gasteiger partial charge in [0.15, 0.2) is 0 Å². The van der Waals surface area contributed by atoms with Crippen molar-refractivity contribution in [2.24, 2.45) is 0 Å². The molecule has 0 heterocycles. The van der Waals surface area contributed by atoms with Crippen molar-refractivity contribution < 1.29 is 0 Å². The van der Waals surface area contributed by atoms with Crippen LogP contribution in [0.5, 0.6) is 0 Å². The van der Waals surface area contributed by atoms with Gasteiger partial charge >= 0.3 is 0 Å². The number of hydrogen-bond acceptors (Lipinski definition) is 1. The highest BCUT2D eigenvalue weighted by atomic mass is 32.2. The molecule has 2 rings (SSSR count). The second-order valence-electron chi connectivity index (χ2n) is 3.23. The fraction of sp³-hybridized carbons (Fsp3) is 0.0667. The minimum atomic E-state index is 1.29. The predicted molar refractivity (Wildman–Crippen MR) is 73.0 cm³/mol. The summed E-state index contributed by atoms with van der Waals surface area (Å²) < 4.78 is 0. The van der Waals surface area contributed by atoms with E-state index in [0.717, 1.165) is 0 Å². The molecule has 0 N–H and O–H groups in total. The molecule has 0 bridgehead atoms. The summed E-state index contributed by atoms with van der Waals surface area (Å²) in [5.74, 6) is 0. The fourth-order valence-electron chi connectivity index (χ4n) is 1.23. The molecule has 0 amide bonds. The van der Waals surface area contributed by atoms with Crippen molar-refractivity contribution in [1.82, 2.24) is 0 Å². The van der Waals surface area contributed by atoms with Crippen molar-refractivity contribution in [1.29, 1.82) is 0 Å². The first-order valence-electron chi connectivity index (χ1n) is 5.14. The molecule has 0 fully saturated rings. The molecule has 0 aliphatic rings. The smallest absolute Gasteiger partial charge is 0.0122 e. The molecule has 0 aromatic heterocycles. The van der Waals surface area contributed by atoms with Crippen molar-refractivity contribution in [2.45, 2.75) is 16.7 Å². The monoisotopic (exact) mass is 228 g/mol. The summed E-state index contributed by atoms with van der Waals surface area (Å²) in [6.45, 7) is 8.11. The van der Waals surface area contributed by atoms with Gasteiger partial charge in [0, 0.05) is 9.79 Å². The molecule has 0 spiro atoms. The molecule has 1 heteroatoms. The van der Waals surface area contributed by atoms with Gasteiger partial charge < -0.3 is 0 Å². The predicted octanol–water partition coefficient (Wildman–Crippen LogP) is 4.95. The standard InChI is InChI=1S/C13H12S.C2H4/c1-11-7-9-13(10-8-11)14-12-5-3-2-4-6-12;1-2/h2-10H,1H3;1-2H2. The van der Waals surface area contributed by atoms with Crippen molar-refractivity contribution in [3.05, 3.63) is 73.3 Å². The zero-order valence-corrected chi connectivity index (χ0v) is 10.3. The third kappa shape index (κ3) is 3.95. The van der Waals surface area contributed by atoms with Crippen LogP contribution in [-0.2, 0) is 0 Å². The summed E-state index contributed by atoms with van der Waals surface area (Å²) in [5, 5.41) is 0. The van der Waals surface area contributed by atoms with Gasteiger partial charge in [0.25, 0.3) is 0 Å². The molecule has 0 aliphatic heterocycles. The Morgan fingerprint density at radius 3 is 1.81 bits per heavy atom. The summed E-state index contributed by atoms with van der Waals surface area (Å²) in [6.07, 6.45) is 0. The Balaban J connectivity index is 0.000000606. The van der Waals surface area contributed by atoms with E-state index in [-0.39, 0.29) is 0 Å². The molecule has 0 radical (unpaired) electrons. The molecule has 0 unspecified atom stereocenters. The van der Waals surface area contributed by atoms with Crippen molar-refractivity contribution >= 4 is 11.8 Å². The van der Waals surface area contributed by atoms with Gasteiger partial charge in [-0.15, -0.1) is 13.2 Å². The van der Waals surface area contributed by atoms with Crippen LogP contribution in [0.15, 0.2) is 77.5 Å². The zero-order chi connectivity index (χ0) is 11.8. The van der Waals surface area contributed by atoms with E-state index in [1.54, 1.807) is 11.8 Å². The van der Waals surface area contributed by atoms with Gasteiger partial charge in [-0.05, 0) is 31.2 Å². The maximum Gasteiger partial charge on any atom is 0.0122 e. The normalized spacial score (nSPS) is 9.06. The van der Waals surface area contributed by atoms with Gasteiger partial charge in [0.2, 0.25) is 0 Å². The van der Waals surface area contributed by atoms with Crippen LogP contribution in [0.3, 0.4) is 0 Å². The first kappa shape index (κ1) is 12.6. The van der Waals surface area contributed by atoms with Gasteiger partial charge in [-0.1, -0.05) is 47.7 Å². The van der Waals surface area contributed by atoms with Gasteiger partial charge in [-0.3, -0.25) is 0 Å². The average Bonchev–Trinajstić information content (AvgIpc) is 2.36. The maximum atomic E-state index is 3.00. The van der Waals surface area contributed by atoms with Crippen LogP contribution in [0.4, 0.5) is 0 Å². The summed E-state index contributed by atoms with van der Waals surface area (Å²) in [6, 6.07) is 19.0. The highest BCUT2D eigenvalue weighted by Crippen LogP contribution is 2.26. The Morgan fingerprint density at radius 1 is 0.750 bits per heavy atom. The number of aryl methyl sites for hydroxylation is 1. The first-order valence-corrected chi connectivity index (χ1v) is 5.96. The maximum absolute atomic E-state index is 3.00. The average molecular weight is 228 g/mol. The van der Waals surface area contributed by atoms with Crippen LogP contribution in [0.2, 0.25) is 0 Å². The second kappa shape index (κ2) is 6.91. The molecule has 0 aliphatic carbocycles. The summed E-state index contributed by atoms with van der Waals surface area (Å²) in [5.41, 5.74) is 1.31. The van der Waals surface area contributed by atoms with Crippen LogP contribution in [0, 0.1) is 6.92 Å². The van der Waals surface area contributed by atoms with Crippen LogP contribution in [-0.4, -0.2) is 0 Å². The lowest BCUT2D eigenvalue weighted by atomic mass is 10.2. The lowest BCUT2D eigenvalue weighted by molar-refractivity contribution is 1.36. The van der Waals surface area contributed by atoms with Crippen molar-refractivity contribution in [3.8, 4) is 0 Å². The molecule has 0 nitrogen and oxygen atoms in total. The quantitative estimate of drug-likeness (QED) is 0.655. The topological polar surface area (TPSA) is 0 Å². The third-order valence-electron chi connectivity index (χ3n) is 2.00. The number of benzene rings is 2. The third-order valence-corrected chi connectivity index (χ3v) is 3.02. The minimum absolute atomic E-state index is 1.29. The molecular formula is C15H16S. The van der Waals surface area contributed by atoms with Gasteiger partial charge in [0.1, 0.15) is 0 Å². The Morgan fingerprint density at radius 2 is 1.25 bits per heavy atom. The van der Waals surface area contributed by atoms with Gasteiger partial charge in [-0.25, -0.2) is 0 Å². The van der Waals surface area contributed by atoms with E-state index in [0.29, 0.717) is 0 Å². The molecule has 2 aromatic carbocycles. The molecule has 0 saturated heterocycles. The molecule has 0 saturated carbocycles. The van der Waals surface area contributed by atoms with Gasteiger partial charge in [0.05, 0.1) is 0 Å². The van der Waals surface area contributed by atoms with E-state index in [9.17, 15) is 0 Å². The van der Waals surface area contributed by atoms with E-state index < -0.39 is 0 Å². The number of rotatable bonds is 2. The van der Waals surface area contributed by atoms with Gasteiger partial charge in [-0.2, -0.15) is 0 Å². The Labute approximate surface area is 102 Å². The highest BCUT2D eigenvalue weighted by Gasteiger charge is 1.94. The fourth-order valence-corrected chi connectivity index (χ4v) is 2.07. The van der Waals surface area contributed by atoms with Crippen molar-refractivity contribution in [2.75, 3.05) is 0 Å². The molecule has 82 valence electrons. The van der Waals surface area contributed by atoms with Crippen LogP contribution < -0.4 is 0 Å². The Kier molecular flexibility index (Phi) is 5.44. The summed E-state index contributed by atoms with van der Waals surface area (Å²) in [7, 11) is 0. The second-order valence-corrected chi connectivity index (χ2v) is 4.38. The SMILES string of the molecule is C=C.Cc1ccc(Sc2ccccc2)cc1. The Hall–Kier alpha value is -1.47. The molecular weight excluding hydrogens is 212 g/mol. The number of hydrogen-bond donors (Lipinski definition) is 0. The summed E-state index contributed by atoms with van der Waals surface area (Å²) in [4.78, 5) is 2.58. The van der Waals surface area contributed by atoms with E-state index in [1.807, 2.05) is 6.07 Å². The highest BCUT2D eigenvalue weighted by molar-refractivity contribution is 7.99. The van der Waals surface area contributed by atoms with Crippen LogP contribution in [0.25, 0.3) is 0 Å². The lowest BCUT2D eigenvalue weighted by Gasteiger charge is -2.01.